The molecule has 2 amide bonds. The number of carboxylic acids is 1. The van der Waals surface area contributed by atoms with Crippen LogP contribution in [0.15, 0.2) is 0 Å². The molecule has 3 aliphatic rings. The first-order valence-corrected chi connectivity index (χ1v) is 7.37. The van der Waals surface area contributed by atoms with E-state index >= 15 is 0 Å². The summed E-state index contributed by atoms with van der Waals surface area (Å²) in [5.41, 5.74) is -0.493. The van der Waals surface area contributed by atoms with Gasteiger partial charge >= 0.3 is 12.0 Å². The van der Waals surface area contributed by atoms with Crippen LogP contribution in [0.1, 0.15) is 51.4 Å². The third kappa shape index (κ3) is 2.55. The summed E-state index contributed by atoms with van der Waals surface area (Å²) >= 11 is 0. The van der Waals surface area contributed by atoms with Crippen molar-refractivity contribution in [1.82, 2.24) is 10.6 Å². The molecule has 5 heteroatoms. The second-order valence-electron chi connectivity index (χ2n) is 6.58. The Morgan fingerprint density at radius 1 is 1.21 bits per heavy atom. The quantitative estimate of drug-likeness (QED) is 0.727. The molecule has 0 aromatic heterocycles. The van der Waals surface area contributed by atoms with Crippen molar-refractivity contribution in [2.24, 2.45) is 11.8 Å². The molecule has 3 N–H and O–H groups in total. The summed E-state index contributed by atoms with van der Waals surface area (Å²) in [6.07, 6.45) is 7.50. The van der Waals surface area contributed by atoms with Crippen LogP contribution in [0.3, 0.4) is 0 Å². The summed E-state index contributed by atoms with van der Waals surface area (Å²) in [4.78, 5) is 22.9. The molecule has 3 saturated carbocycles. The minimum absolute atomic E-state index is 0.0388. The summed E-state index contributed by atoms with van der Waals surface area (Å²) in [6, 6.07) is 0.138. The Labute approximate surface area is 113 Å². The molecule has 19 heavy (non-hydrogen) atoms. The lowest BCUT2D eigenvalue weighted by atomic mass is 9.74. The molecular formula is C14H22N2O3. The van der Waals surface area contributed by atoms with E-state index < -0.39 is 11.5 Å². The van der Waals surface area contributed by atoms with Crippen LogP contribution in [-0.4, -0.2) is 28.7 Å². The number of amides is 2. The van der Waals surface area contributed by atoms with Gasteiger partial charge in [0.2, 0.25) is 0 Å². The molecule has 0 aromatic carbocycles. The zero-order chi connectivity index (χ0) is 13.5. The highest BCUT2D eigenvalue weighted by molar-refractivity contribution is 5.77. The van der Waals surface area contributed by atoms with E-state index in [0.29, 0.717) is 12.0 Å². The molecule has 3 aliphatic carbocycles. The van der Waals surface area contributed by atoms with E-state index in [-0.39, 0.29) is 12.5 Å². The lowest BCUT2D eigenvalue weighted by Gasteiger charge is -2.41. The molecule has 2 bridgehead atoms. The second kappa shape index (κ2) is 4.69. The Kier molecular flexibility index (Phi) is 3.15. The van der Waals surface area contributed by atoms with Crippen LogP contribution in [0, 0.1) is 11.8 Å². The van der Waals surface area contributed by atoms with Gasteiger partial charge in [0.1, 0.15) is 0 Å². The number of urea groups is 1. The highest BCUT2D eigenvalue weighted by Gasteiger charge is 2.43. The van der Waals surface area contributed by atoms with Crippen molar-refractivity contribution in [1.29, 1.82) is 0 Å². The predicted molar refractivity (Wildman–Crippen MR) is 69.7 cm³/mol. The van der Waals surface area contributed by atoms with Gasteiger partial charge in [-0.05, 0) is 50.4 Å². The number of hydrogen-bond donors (Lipinski definition) is 3. The van der Waals surface area contributed by atoms with Gasteiger partial charge < -0.3 is 15.7 Å². The topological polar surface area (TPSA) is 78.4 Å². The fraction of sp³-hybridized carbons (Fsp3) is 0.857. The molecule has 0 radical (unpaired) electrons. The van der Waals surface area contributed by atoms with Crippen LogP contribution >= 0.6 is 0 Å². The van der Waals surface area contributed by atoms with Gasteiger partial charge in [-0.3, -0.25) is 4.79 Å². The first-order chi connectivity index (χ1) is 9.06. The molecule has 0 aromatic rings. The molecule has 3 fully saturated rings. The molecule has 3 unspecified atom stereocenters. The number of hydrogen-bond acceptors (Lipinski definition) is 2. The third-order valence-electron chi connectivity index (χ3n) is 5.23. The summed E-state index contributed by atoms with van der Waals surface area (Å²) in [6.45, 7) is 0. The van der Waals surface area contributed by atoms with Crippen molar-refractivity contribution in [2.75, 3.05) is 0 Å². The SMILES string of the molecule is O=C(O)CC1(NC(=O)NC2CC3CCC2C3)CCC1. The fourth-order valence-corrected chi connectivity index (χ4v) is 4.11. The van der Waals surface area contributed by atoms with E-state index in [0.717, 1.165) is 31.6 Å². The van der Waals surface area contributed by atoms with Crippen LogP contribution in [-0.2, 0) is 4.79 Å². The summed E-state index contributed by atoms with van der Waals surface area (Å²) in [7, 11) is 0. The number of carbonyl (C=O) groups excluding carboxylic acids is 1. The van der Waals surface area contributed by atoms with Crippen LogP contribution in [0.25, 0.3) is 0 Å². The average Bonchev–Trinajstić information content (AvgIpc) is 2.87. The van der Waals surface area contributed by atoms with E-state index in [1.165, 1.54) is 19.3 Å². The van der Waals surface area contributed by atoms with E-state index in [4.69, 9.17) is 5.11 Å². The number of fused-ring (bicyclic) bond motifs is 2. The van der Waals surface area contributed by atoms with Crippen LogP contribution in [0.5, 0.6) is 0 Å². The summed E-state index contributed by atoms with van der Waals surface area (Å²) < 4.78 is 0. The van der Waals surface area contributed by atoms with Gasteiger partial charge in [0.05, 0.1) is 12.0 Å². The van der Waals surface area contributed by atoms with Gasteiger partial charge in [-0.25, -0.2) is 4.79 Å². The maximum Gasteiger partial charge on any atom is 0.315 e. The third-order valence-corrected chi connectivity index (χ3v) is 5.23. The van der Waals surface area contributed by atoms with Gasteiger partial charge in [-0.15, -0.1) is 0 Å². The largest absolute Gasteiger partial charge is 0.481 e. The minimum Gasteiger partial charge on any atom is -0.481 e. The van der Waals surface area contributed by atoms with Gasteiger partial charge in [0.15, 0.2) is 0 Å². The average molecular weight is 266 g/mol. The molecule has 106 valence electrons. The standard InChI is InChI=1S/C14H22N2O3/c17-12(18)8-14(4-1-5-14)16-13(19)15-11-7-9-2-3-10(11)6-9/h9-11H,1-8H2,(H,17,18)(H2,15,16,19). The van der Waals surface area contributed by atoms with E-state index in [2.05, 4.69) is 10.6 Å². The number of aliphatic carboxylic acids is 1. The van der Waals surface area contributed by atoms with Gasteiger partial charge in [-0.1, -0.05) is 6.42 Å². The summed E-state index contributed by atoms with van der Waals surface area (Å²) in [5, 5.41) is 14.9. The zero-order valence-electron chi connectivity index (χ0n) is 11.2. The molecule has 5 nitrogen and oxygen atoms in total. The number of rotatable bonds is 4. The number of nitrogens with one attached hydrogen (secondary N) is 2. The Bertz CT molecular complexity index is 392. The molecule has 3 rings (SSSR count). The highest BCUT2D eigenvalue weighted by Crippen LogP contribution is 2.44. The minimum atomic E-state index is -0.833. The van der Waals surface area contributed by atoms with E-state index in [1.54, 1.807) is 0 Å². The van der Waals surface area contributed by atoms with E-state index in [9.17, 15) is 9.59 Å². The van der Waals surface area contributed by atoms with Crippen LogP contribution in [0.4, 0.5) is 4.79 Å². The van der Waals surface area contributed by atoms with Crippen molar-refractivity contribution < 1.29 is 14.7 Å². The first kappa shape index (κ1) is 12.8. The zero-order valence-corrected chi connectivity index (χ0v) is 11.2. The molecule has 0 heterocycles. The van der Waals surface area contributed by atoms with Crippen molar-refractivity contribution >= 4 is 12.0 Å². The Balaban J connectivity index is 1.52. The maximum absolute atomic E-state index is 12.1. The summed E-state index contributed by atoms with van der Waals surface area (Å²) in [5.74, 6) is 0.611. The van der Waals surface area contributed by atoms with Crippen molar-refractivity contribution in [3.63, 3.8) is 0 Å². The van der Waals surface area contributed by atoms with Crippen molar-refractivity contribution in [3.05, 3.63) is 0 Å². The van der Waals surface area contributed by atoms with Gasteiger partial charge in [0.25, 0.3) is 0 Å². The van der Waals surface area contributed by atoms with Gasteiger partial charge in [-0.2, -0.15) is 0 Å². The van der Waals surface area contributed by atoms with Crippen LogP contribution < -0.4 is 10.6 Å². The Morgan fingerprint density at radius 3 is 2.47 bits per heavy atom. The fourth-order valence-electron chi connectivity index (χ4n) is 4.11. The lowest BCUT2D eigenvalue weighted by Crippen LogP contribution is -2.58. The monoisotopic (exact) mass is 266 g/mol. The van der Waals surface area contributed by atoms with Crippen molar-refractivity contribution in [3.8, 4) is 0 Å². The predicted octanol–water partition coefficient (Wildman–Crippen LogP) is 1.87. The molecule has 0 saturated heterocycles. The smallest absolute Gasteiger partial charge is 0.315 e. The molecule has 3 atom stereocenters. The normalized spacial score (nSPS) is 34.6. The molecular weight excluding hydrogens is 244 g/mol. The highest BCUT2D eigenvalue weighted by atomic mass is 16.4. The number of carboxylic acid groups (broad SMARTS) is 1. The van der Waals surface area contributed by atoms with E-state index in [1.807, 2.05) is 0 Å². The Hall–Kier alpha value is -1.26. The van der Waals surface area contributed by atoms with Gasteiger partial charge in [0, 0.05) is 6.04 Å². The molecule has 0 aliphatic heterocycles. The maximum atomic E-state index is 12.1. The van der Waals surface area contributed by atoms with Crippen LogP contribution in [0.2, 0.25) is 0 Å². The van der Waals surface area contributed by atoms with Crippen molar-refractivity contribution in [2.45, 2.75) is 62.9 Å². The number of carbonyl (C=O) groups is 2. The molecule has 0 spiro atoms. The Morgan fingerprint density at radius 2 is 2.00 bits per heavy atom. The lowest BCUT2D eigenvalue weighted by molar-refractivity contribution is -0.139. The first-order valence-electron chi connectivity index (χ1n) is 7.37. The second-order valence-corrected chi connectivity index (χ2v) is 6.58.